The first-order valence-corrected chi connectivity index (χ1v) is 13.9. The first-order valence-electron chi connectivity index (χ1n) is 12.5. The van der Waals surface area contributed by atoms with E-state index in [2.05, 4.69) is 4.90 Å². The van der Waals surface area contributed by atoms with Crippen LogP contribution >= 0.6 is 0 Å². The molecular formula is C26H32N4O6S. The maximum atomic E-state index is 13.5. The van der Waals surface area contributed by atoms with Crippen LogP contribution in [0.4, 0.5) is 5.69 Å². The number of sulfonamides is 1. The highest BCUT2D eigenvalue weighted by atomic mass is 32.2. The monoisotopic (exact) mass is 528 g/mol. The van der Waals surface area contributed by atoms with Crippen molar-refractivity contribution in [2.75, 3.05) is 39.3 Å². The summed E-state index contributed by atoms with van der Waals surface area (Å²) in [7, 11) is -2.37. The second-order valence-electron chi connectivity index (χ2n) is 9.18. The number of hydrogen-bond donors (Lipinski definition) is 0. The van der Waals surface area contributed by atoms with Gasteiger partial charge in [-0.15, -0.1) is 0 Å². The van der Waals surface area contributed by atoms with Crippen molar-refractivity contribution in [1.82, 2.24) is 13.8 Å². The van der Waals surface area contributed by atoms with E-state index in [0.717, 1.165) is 36.8 Å². The lowest BCUT2D eigenvalue weighted by Gasteiger charge is -2.29. The molecule has 10 nitrogen and oxygen atoms in total. The molecule has 0 saturated carbocycles. The quantitative estimate of drug-likeness (QED) is 0.213. The zero-order chi connectivity index (χ0) is 26.4. The van der Waals surface area contributed by atoms with Crippen molar-refractivity contribution < 1.29 is 18.1 Å². The summed E-state index contributed by atoms with van der Waals surface area (Å²) < 4.78 is 35.9. The van der Waals surface area contributed by atoms with Gasteiger partial charge in [-0.25, -0.2) is 8.42 Å². The van der Waals surface area contributed by atoms with Gasteiger partial charge in [-0.1, -0.05) is 18.6 Å². The van der Waals surface area contributed by atoms with Gasteiger partial charge < -0.3 is 14.2 Å². The standard InChI is InChI=1S/C26H32N4O6S/c1-27-23-12-11-22(20-21(23)10-13-26(27)31)36-19-7-16-29(18-17-28-14-5-2-6-15-28)37(34,35)25-9-4-3-8-24(25)30(32)33/h3-4,8-13,20H,2,5-7,14-19H2,1H3. The lowest BCUT2D eigenvalue weighted by atomic mass is 10.1. The van der Waals surface area contributed by atoms with Crippen LogP contribution < -0.4 is 10.3 Å². The molecule has 0 unspecified atom stereocenters. The zero-order valence-corrected chi connectivity index (χ0v) is 21.7. The number of aryl methyl sites for hydroxylation is 1. The number of para-hydroxylation sites is 1. The predicted molar refractivity (Wildman–Crippen MR) is 141 cm³/mol. The smallest absolute Gasteiger partial charge is 0.289 e. The molecule has 0 N–H and O–H groups in total. The molecule has 11 heteroatoms. The molecule has 0 amide bonds. The molecule has 4 rings (SSSR count). The fourth-order valence-corrected chi connectivity index (χ4v) is 6.26. The second kappa shape index (κ2) is 11.8. The van der Waals surface area contributed by atoms with Gasteiger partial charge >= 0.3 is 0 Å². The number of nitrogens with zero attached hydrogens (tertiary/aromatic N) is 4. The van der Waals surface area contributed by atoms with Gasteiger partial charge in [-0.2, -0.15) is 4.31 Å². The molecule has 0 atom stereocenters. The summed E-state index contributed by atoms with van der Waals surface area (Å²) in [5.41, 5.74) is 0.275. The Kier molecular flexibility index (Phi) is 8.57. The fourth-order valence-electron chi connectivity index (χ4n) is 4.64. The lowest BCUT2D eigenvalue weighted by Crippen LogP contribution is -2.41. The first-order chi connectivity index (χ1) is 17.8. The van der Waals surface area contributed by atoms with Crippen LogP contribution in [-0.2, 0) is 17.1 Å². The van der Waals surface area contributed by atoms with Gasteiger partial charge in [0.05, 0.1) is 17.0 Å². The molecule has 3 aromatic rings. The number of pyridine rings is 1. The number of rotatable bonds is 11. The van der Waals surface area contributed by atoms with E-state index in [0.29, 0.717) is 18.7 Å². The van der Waals surface area contributed by atoms with Crippen LogP contribution in [0.1, 0.15) is 25.7 Å². The van der Waals surface area contributed by atoms with Crippen molar-refractivity contribution >= 4 is 26.6 Å². The highest BCUT2D eigenvalue weighted by molar-refractivity contribution is 7.89. The lowest BCUT2D eigenvalue weighted by molar-refractivity contribution is -0.387. The van der Waals surface area contributed by atoms with Crippen LogP contribution in [0.3, 0.4) is 0 Å². The summed E-state index contributed by atoms with van der Waals surface area (Å²) >= 11 is 0. The largest absolute Gasteiger partial charge is 0.494 e. The minimum absolute atomic E-state index is 0.0920. The Hall–Kier alpha value is -3.28. The Bertz CT molecular complexity index is 1420. The molecule has 0 aliphatic carbocycles. The van der Waals surface area contributed by atoms with Crippen LogP contribution in [0.25, 0.3) is 10.9 Å². The summed E-state index contributed by atoms with van der Waals surface area (Å²) in [6.07, 6.45) is 3.76. The number of nitro benzene ring substituents is 1. The predicted octanol–water partition coefficient (Wildman–Crippen LogP) is 3.39. The Morgan fingerprint density at radius 3 is 2.54 bits per heavy atom. The van der Waals surface area contributed by atoms with Crippen LogP contribution in [0.5, 0.6) is 5.75 Å². The molecule has 1 aliphatic heterocycles. The average Bonchev–Trinajstić information content (AvgIpc) is 2.90. The van der Waals surface area contributed by atoms with Gasteiger partial charge in [-0.05, 0) is 62.7 Å². The third kappa shape index (κ3) is 6.35. The minimum atomic E-state index is -4.08. The number of fused-ring (bicyclic) bond motifs is 1. The van der Waals surface area contributed by atoms with E-state index in [4.69, 9.17) is 4.74 Å². The van der Waals surface area contributed by atoms with Crippen LogP contribution in [0.15, 0.2) is 64.3 Å². The minimum Gasteiger partial charge on any atom is -0.494 e. The summed E-state index contributed by atoms with van der Waals surface area (Å²) in [6.45, 7) is 3.11. The van der Waals surface area contributed by atoms with Crippen molar-refractivity contribution in [2.24, 2.45) is 7.05 Å². The number of ether oxygens (including phenoxy) is 1. The number of nitro groups is 1. The maximum Gasteiger partial charge on any atom is 0.289 e. The van der Waals surface area contributed by atoms with E-state index in [9.17, 15) is 23.3 Å². The summed E-state index contributed by atoms with van der Waals surface area (Å²) in [4.78, 5) is 24.6. The first kappa shape index (κ1) is 26.8. The molecule has 1 aliphatic rings. The number of likely N-dealkylation sites (tertiary alicyclic amines) is 1. The van der Waals surface area contributed by atoms with Gasteiger partial charge in [0, 0.05) is 44.2 Å². The fraction of sp³-hybridized carbons (Fsp3) is 0.423. The number of benzene rings is 2. The molecule has 1 saturated heterocycles. The second-order valence-corrected chi connectivity index (χ2v) is 11.1. The third-order valence-electron chi connectivity index (χ3n) is 6.71. The van der Waals surface area contributed by atoms with Crippen LogP contribution in [0.2, 0.25) is 0 Å². The van der Waals surface area contributed by atoms with Crippen LogP contribution in [0, 0.1) is 10.1 Å². The number of hydrogen-bond acceptors (Lipinski definition) is 7. The molecule has 2 heterocycles. The van der Waals surface area contributed by atoms with Crippen molar-refractivity contribution in [2.45, 2.75) is 30.6 Å². The topological polar surface area (TPSA) is 115 Å². The average molecular weight is 529 g/mol. The Morgan fingerprint density at radius 2 is 1.78 bits per heavy atom. The number of piperidine rings is 1. The molecule has 2 aromatic carbocycles. The van der Waals surface area contributed by atoms with E-state index in [-0.39, 0.29) is 30.2 Å². The van der Waals surface area contributed by atoms with Crippen LogP contribution in [-0.4, -0.2) is 66.4 Å². The summed E-state index contributed by atoms with van der Waals surface area (Å²) in [6, 6.07) is 14.1. The van der Waals surface area contributed by atoms with E-state index >= 15 is 0 Å². The van der Waals surface area contributed by atoms with Gasteiger partial charge in [-0.3, -0.25) is 14.9 Å². The van der Waals surface area contributed by atoms with E-state index in [1.807, 2.05) is 12.1 Å². The molecule has 1 fully saturated rings. The highest BCUT2D eigenvalue weighted by Crippen LogP contribution is 2.27. The maximum absolute atomic E-state index is 13.5. The molecule has 198 valence electrons. The summed E-state index contributed by atoms with van der Waals surface area (Å²) in [5, 5.41) is 12.4. The molecule has 0 spiro atoms. The van der Waals surface area contributed by atoms with Crippen molar-refractivity contribution in [3.8, 4) is 5.75 Å². The van der Waals surface area contributed by atoms with Gasteiger partial charge in [0.15, 0.2) is 4.90 Å². The Labute approximate surface area is 216 Å². The third-order valence-corrected chi connectivity index (χ3v) is 8.66. The summed E-state index contributed by atoms with van der Waals surface area (Å²) in [5.74, 6) is 0.618. The SMILES string of the molecule is Cn1c(=O)ccc2cc(OCCCN(CCN3CCCCC3)S(=O)(=O)c3ccccc3[N+](=O)[O-])ccc21. The molecule has 1 aromatic heterocycles. The van der Waals surface area contributed by atoms with Gasteiger partial charge in [0.25, 0.3) is 11.2 Å². The number of aromatic nitrogens is 1. The van der Waals surface area contributed by atoms with E-state index < -0.39 is 20.6 Å². The normalized spacial score (nSPS) is 14.8. The van der Waals surface area contributed by atoms with E-state index in [1.54, 1.807) is 23.7 Å². The molecule has 0 radical (unpaired) electrons. The van der Waals surface area contributed by atoms with Crippen molar-refractivity contribution in [3.63, 3.8) is 0 Å². The van der Waals surface area contributed by atoms with Crippen molar-refractivity contribution in [3.05, 3.63) is 75.1 Å². The van der Waals surface area contributed by atoms with Gasteiger partial charge in [0.2, 0.25) is 10.0 Å². The van der Waals surface area contributed by atoms with Gasteiger partial charge in [0.1, 0.15) is 5.75 Å². The molecular weight excluding hydrogens is 496 g/mol. The van der Waals surface area contributed by atoms with E-state index in [1.165, 1.54) is 41.1 Å². The Balaban J connectivity index is 1.46. The highest BCUT2D eigenvalue weighted by Gasteiger charge is 2.31. The zero-order valence-electron chi connectivity index (χ0n) is 20.9. The molecule has 0 bridgehead atoms. The van der Waals surface area contributed by atoms with Crippen molar-refractivity contribution in [1.29, 1.82) is 0 Å². The Morgan fingerprint density at radius 1 is 1.03 bits per heavy atom. The molecule has 37 heavy (non-hydrogen) atoms.